The molecule has 0 amide bonds. The fourth-order valence-corrected chi connectivity index (χ4v) is 5.79. The first kappa shape index (κ1) is 22.5. The van der Waals surface area contributed by atoms with Gasteiger partial charge in [0.15, 0.2) is 0 Å². The first-order valence-electron chi connectivity index (χ1n) is 8.63. The standard InChI is InChI=1S/C18H24ClN3O4S2/c1-5-22(6-2)28(25,26)14-11-12-17(21(3)4)16(13-14)20-27(23,24)18-10-8-7-9-15(18)19/h7-13,20H,5-6H2,1-4H3. The van der Waals surface area contributed by atoms with E-state index in [1.54, 1.807) is 51.0 Å². The Balaban J connectivity index is 2.58. The van der Waals surface area contributed by atoms with Crippen LogP contribution in [-0.2, 0) is 20.0 Å². The maximum atomic E-state index is 12.8. The lowest BCUT2D eigenvalue weighted by Gasteiger charge is -2.22. The van der Waals surface area contributed by atoms with Crippen molar-refractivity contribution in [3.8, 4) is 0 Å². The van der Waals surface area contributed by atoms with Gasteiger partial charge >= 0.3 is 0 Å². The van der Waals surface area contributed by atoms with Gasteiger partial charge in [0.1, 0.15) is 4.90 Å². The van der Waals surface area contributed by atoms with Gasteiger partial charge in [-0.3, -0.25) is 4.72 Å². The van der Waals surface area contributed by atoms with Gasteiger partial charge in [-0.2, -0.15) is 4.31 Å². The Hall–Kier alpha value is -1.81. The van der Waals surface area contributed by atoms with Gasteiger partial charge < -0.3 is 4.90 Å². The zero-order chi connectivity index (χ0) is 21.1. The topological polar surface area (TPSA) is 86.8 Å². The number of halogens is 1. The number of anilines is 2. The van der Waals surface area contributed by atoms with E-state index in [1.165, 1.54) is 28.6 Å². The van der Waals surface area contributed by atoms with Crippen LogP contribution in [0.5, 0.6) is 0 Å². The molecule has 0 unspecified atom stereocenters. The summed E-state index contributed by atoms with van der Waals surface area (Å²) in [6.07, 6.45) is 0. The average Bonchev–Trinajstić information content (AvgIpc) is 2.62. The first-order valence-corrected chi connectivity index (χ1v) is 11.9. The molecule has 2 aromatic rings. The predicted octanol–water partition coefficient (Wildman–Crippen LogP) is 3.24. The largest absolute Gasteiger partial charge is 0.376 e. The van der Waals surface area contributed by atoms with Crippen LogP contribution in [0.2, 0.25) is 5.02 Å². The van der Waals surface area contributed by atoms with E-state index in [-0.39, 0.29) is 20.5 Å². The Kier molecular flexibility index (Phi) is 6.97. The monoisotopic (exact) mass is 445 g/mol. The summed E-state index contributed by atoms with van der Waals surface area (Å²) in [6, 6.07) is 10.4. The second-order valence-electron chi connectivity index (χ2n) is 6.20. The summed E-state index contributed by atoms with van der Waals surface area (Å²) in [4.78, 5) is 1.62. The summed E-state index contributed by atoms with van der Waals surface area (Å²) in [6.45, 7) is 4.12. The molecular weight excluding hydrogens is 422 g/mol. The molecule has 0 aromatic heterocycles. The van der Waals surface area contributed by atoms with Crippen LogP contribution in [-0.4, -0.2) is 48.3 Å². The van der Waals surface area contributed by atoms with Crippen LogP contribution < -0.4 is 9.62 Å². The number of benzene rings is 2. The Morgan fingerprint density at radius 1 is 0.964 bits per heavy atom. The van der Waals surface area contributed by atoms with Gasteiger partial charge in [0, 0.05) is 27.2 Å². The van der Waals surface area contributed by atoms with Crippen LogP contribution in [0.4, 0.5) is 11.4 Å². The Labute approximate surface area is 172 Å². The van der Waals surface area contributed by atoms with Gasteiger partial charge in [0.05, 0.1) is 21.3 Å². The molecule has 0 aliphatic heterocycles. The molecule has 0 aliphatic carbocycles. The van der Waals surface area contributed by atoms with E-state index in [2.05, 4.69) is 4.72 Å². The molecule has 0 saturated heterocycles. The number of hydrogen-bond donors (Lipinski definition) is 1. The van der Waals surface area contributed by atoms with Crippen LogP contribution in [0.1, 0.15) is 13.8 Å². The summed E-state index contributed by atoms with van der Waals surface area (Å²) in [5.41, 5.74) is 0.673. The zero-order valence-electron chi connectivity index (χ0n) is 16.2. The molecule has 10 heteroatoms. The summed E-state index contributed by atoms with van der Waals surface area (Å²) >= 11 is 6.03. The molecule has 28 heavy (non-hydrogen) atoms. The average molecular weight is 446 g/mol. The molecule has 0 saturated carbocycles. The van der Waals surface area contributed by atoms with Crippen molar-refractivity contribution in [1.82, 2.24) is 4.31 Å². The van der Waals surface area contributed by atoms with Gasteiger partial charge in [0.25, 0.3) is 10.0 Å². The quantitative estimate of drug-likeness (QED) is 0.674. The fourth-order valence-electron chi connectivity index (χ4n) is 2.72. The first-order chi connectivity index (χ1) is 13.0. The van der Waals surface area contributed by atoms with E-state index in [0.29, 0.717) is 18.8 Å². The van der Waals surface area contributed by atoms with E-state index < -0.39 is 20.0 Å². The van der Waals surface area contributed by atoms with Gasteiger partial charge in [-0.1, -0.05) is 37.6 Å². The molecule has 0 atom stereocenters. The van der Waals surface area contributed by atoms with Crippen LogP contribution in [0.3, 0.4) is 0 Å². The van der Waals surface area contributed by atoms with E-state index in [4.69, 9.17) is 11.6 Å². The lowest BCUT2D eigenvalue weighted by molar-refractivity contribution is 0.445. The van der Waals surface area contributed by atoms with Crippen molar-refractivity contribution in [1.29, 1.82) is 0 Å². The maximum absolute atomic E-state index is 12.8. The van der Waals surface area contributed by atoms with E-state index in [0.717, 1.165) is 0 Å². The highest BCUT2D eigenvalue weighted by Crippen LogP contribution is 2.32. The predicted molar refractivity (Wildman–Crippen MR) is 113 cm³/mol. The van der Waals surface area contributed by atoms with Gasteiger partial charge in [-0.15, -0.1) is 0 Å². The lowest BCUT2D eigenvalue weighted by Crippen LogP contribution is -2.30. The van der Waals surface area contributed by atoms with Gasteiger partial charge in [-0.25, -0.2) is 16.8 Å². The SMILES string of the molecule is CCN(CC)S(=O)(=O)c1ccc(N(C)C)c(NS(=O)(=O)c2ccccc2Cl)c1. The number of nitrogens with one attached hydrogen (secondary N) is 1. The number of sulfonamides is 2. The lowest BCUT2D eigenvalue weighted by atomic mass is 10.2. The van der Waals surface area contributed by atoms with Crippen LogP contribution >= 0.6 is 11.6 Å². The maximum Gasteiger partial charge on any atom is 0.263 e. The molecule has 0 aliphatic rings. The van der Waals surface area contributed by atoms with Crippen LogP contribution in [0, 0.1) is 0 Å². The molecule has 154 valence electrons. The number of nitrogens with zero attached hydrogens (tertiary/aromatic N) is 2. The smallest absolute Gasteiger partial charge is 0.263 e. The number of rotatable bonds is 8. The third kappa shape index (κ3) is 4.60. The van der Waals surface area contributed by atoms with E-state index in [9.17, 15) is 16.8 Å². The third-order valence-corrected chi connectivity index (χ3v) is 8.07. The highest BCUT2D eigenvalue weighted by Gasteiger charge is 2.25. The van der Waals surface area contributed by atoms with Crippen molar-refractivity contribution in [2.24, 2.45) is 0 Å². The minimum absolute atomic E-state index is 0.0126. The molecule has 0 fully saturated rings. The van der Waals surface area contributed by atoms with Crippen LogP contribution in [0.15, 0.2) is 52.3 Å². The van der Waals surface area contributed by atoms with Crippen molar-refractivity contribution in [2.75, 3.05) is 36.8 Å². The molecule has 7 nitrogen and oxygen atoms in total. The second kappa shape index (κ2) is 8.69. The van der Waals surface area contributed by atoms with Crippen molar-refractivity contribution < 1.29 is 16.8 Å². The molecule has 0 radical (unpaired) electrons. The highest BCUT2D eigenvalue weighted by atomic mass is 35.5. The molecular formula is C18H24ClN3O4S2. The summed E-state index contributed by atoms with van der Waals surface area (Å²) in [5.74, 6) is 0. The third-order valence-electron chi connectivity index (χ3n) is 4.16. The summed E-state index contributed by atoms with van der Waals surface area (Å²) in [7, 11) is -4.28. The molecule has 0 heterocycles. The Bertz CT molecular complexity index is 1050. The minimum Gasteiger partial charge on any atom is -0.376 e. The van der Waals surface area contributed by atoms with Gasteiger partial charge in [0.2, 0.25) is 10.0 Å². The van der Waals surface area contributed by atoms with Crippen molar-refractivity contribution in [3.63, 3.8) is 0 Å². The fraction of sp³-hybridized carbons (Fsp3) is 0.333. The van der Waals surface area contributed by atoms with Crippen molar-refractivity contribution in [3.05, 3.63) is 47.5 Å². The van der Waals surface area contributed by atoms with Crippen molar-refractivity contribution in [2.45, 2.75) is 23.6 Å². The molecule has 0 spiro atoms. The Morgan fingerprint density at radius 3 is 2.11 bits per heavy atom. The van der Waals surface area contributed by atoms with Gasteiger partial charge in [-0.05, 0) is 30.3 Å². The molecule has 0 bridgehead atoms. The van der Waals surface area contributed by atoms with E-state index in [1.807, 2.05) is 0 Å². The summed E-state index contributed by atoms with van der Waals surface area (Å²) in [5, 5.41) is 0.0771. The molecule has 1 N–H and O–H groups in total. The normalized spacial score (nSPS) is 12.2. The number of hydrogen-bond acceptors (Lipinski definition) is 5. The Morgan fingerprint density at radius 2 is 1.57 bits per heavy atom. The van der Waals surface area contributed by atoms with E-state index >= 15 is 0 Å². The zero-order valence-corrected chi connectivity index (χ0v) is 18.6. The van der Waals surface area contributed by atoms with Crippen molar-refractivity contribution >= 4 is 43.0 Å². The summed E-state index contributed by atoms with van der Waals surface area (Å²) < 4.78 is 55.1. The minimum atomic E-state index is -4.01. The molecule has 2 aromatic carbocycles. The second-order valence-corrected chi connectivity index (χ2v) is 10.2. The highest BCUT2D eigenvalue weighted by molar-refractivity contribution is 7.93. The van der Waals surface area contributed by atoms with Crippen LogP contribution in [0.25, 0.3) is 0 Å². The molecule has 2 rings (SSSR count).